The van der Waals surface area contributed by atoms with Gasteiger partial charge < -0.3 is 14.8 Å². The van der Waals surface area contributed by atoms with E-state index in [1.165, 1.54) is 49.3 Å². The third-order valence-corrected chi connectivity index (χ3v) is 6.58. The highest BCUT2D eigenvalue weighted by atomic mass is 32.1. The summed E-state index contributed by atoms with van der Waals surface area (Å²) in [6.45, 7) is 5.01. The summed E-state index contributed by atoms with van der Waals surface area (Å²) in [6.07, 6.45) is 4.95. The summed E-state index contributed by atoms with van der Waals surface area (Å²) in [6, 6.07) is 16.8. The number of likely N-dealkylation sites (tertiary alicyclic amines) is 1. The van der Waals surface area contributed by atoms with Crippen molar-refractivity contribution in [3.05, 3.63) is 54.1 Å². The number of thiol groups is 1. The van der Waals surface area contributed by atoms with Crippen LogP contribution in [0, 0.1) is 0 Å². The lowest BCUT2D eigenvalue weighted by molar-refractivity contribution is 0.220. The number of hydrogen-bond donors (Lipinski definition) is 3. The molecule has 0 radical (unpaired) electrons. The van der Waals surface area contributed by atoms with Crippen molar-refractivity contribution in [2.24, 2.45) is 0 Å². The maximum absolute atomic E-state index is 5.98. The minimum atomic E-state index is 0.692. The Morgan fingerprint density at radius 2 is 1.87 bits per heavy atom. The topological polar surface area (TPSA) is 62.3 Å². The minimum Gasteiger partial charge on any atom is -0.494 e. The van der Waals surface area contributed by atoms with Crippen LogP contribution < -0.4 is 14.8 Å². The van der Waals surface area contributed by atoms with Crippen LogP contribution in [0.5, 0.6) is 5.75 Å². The normalized spacial score (nSPS) is 14.4. The van der Waals surface area contributed by atoms with Gasteiger partial charge in [0, 0.05) is 24.3 Å². The van der Waals surface area contributed by atoms with Crippen molar-refractivity contribution in [3.63, 3.8) is 0 Å². The van der Waals surface area contributed by atoms with Crippen LogP contribution >= 0.6 is 24.2 Å². The van der Waals surface area contributed by atoms with Crippen molar-refractivity contribution in [2.45, 2.75) is 32.2 Å². The van der Waals surface area contributed by atoms with Gasteiger partial charge in [0.15, 0.2) is 0 Å². The summed E-state index contributed by atoms with van der Waals surface area (Å²) in [5, 5.41) is 13.2. The molecule has 164 valence electrons. The Bertz CT molecular complexity index is 941. The maximum Gasteiger partial charge on any atom is 0.215 e. The van der Waals surface area contributed by atoms with Crippen LogP contribution in [0.4, 0.5) is 10.8 Å². The predicted molar refractivity (Wildman–Crippen MR) is 132 cm³/mol. The third kappa shape index (κ3) is 6.59. The van der Waals surface area contributed by atoms with Gasteiger partial charge in [0.2, 0.25) is 5.13 Å². The predicted octanol–water partition coefficient (Wildman–Crippen LogP) is 5.33. The van der Waals surface area contributed by atoms with Crippen LogP contribution in [0.15, 0.2) is 48.5 Å². The van der Waals surface area contributed by atoms with E-state index in [4.69, 9.17) is 4.74 Å². The molecule has 0 bridgehead atoms. The van der Waals surface area contributed by atoms with Crippen molar-refractivity contribution >= 4 is 35.0 Å². The number of rotatable bonds is 10. The second kappa shape index (κ2) is 11.4. The van der Waals surface area contributed by atoms with E-state index >= 15 is 0 Å². The SMILES string of the molecule is SNc1nnc(-c2ccc(NCCCOc3cccc(CN4CCCCC4)c3)cc2)s1. The second-order valence-corrected chi connectivity index (χ2v) is 8.92. The molecule has 1 fully saturated rings. The lowest BCUT2D eigenvalue weighted by Gasteiger charge is -2.26. The van der Waals surface area contributed by atoms with E-state index in [0.29, 0.717) is 11.7 Å². The van der Waals surface area contributed by atoms with Gasteiger partial charge in [0.25, 0.3) is 0 Å². The fourth-order valence-electron chi connectivity index (χ4n) is 3.72. The molecule has 0 atom stereocenters. The van der Waals surface area contributed by atoms with Gasteiger partial charge in [0.1, 0.15) is 10.8 Å². The van der Waals surface area contributed by atoms with Crippen LogP contribution in [-0.2, 0) is 6.54 Å². The van der Waals surface area contributed by atoms with Gasteiger partial charge in [-0.15, -0.1) is 10.2 Å². The van der Waals surface area contributed by atoms with Crippen LogP contribution in [-0.4, -0.2) is 41.3 Å². The van der Waals surface area contributed by atoms with Gasteiger partial charge in [0.05, 0.1) is 6.61 Å². The third-order valence-electron chi connectivity index (χ3n) is 5.32. The fraction of sp³-hybridized carbons (Fsp3) is 0.391. The number of anilines is 2. The molecule has 2 N–H and O–H groups in total. The highest BCUT2D eigenvalue weighted by molar-refractivity contribution is 7.82. The Morgan fingerprint density at radius 1 is 1.03 bits per heavy atom. The molecule has 2 heterocycles. The molecule has 6 nitrogen and oxygen atoms in total. The molecule has 4 rings (SSSR count). The molecule has 8 heteroatoms. The number of aromatic nitrogens is 2. The number of piperidine rings is 1. The molecule has 0 unspecified atom stereocenters. The van der Waals surface area contributed by atoms with Crippen LogP contribution in [0.25, 0.3) is 10.6 Å². The second-order valence-electron chi connectivity index (χ2n) is 7.71. The first-order valence-electron chi connectivity index (χ1n) is 10.8. The monoisotopic (exact) mass is 455 g/mol. The van der Waals surface area contributed by atoms with E-state index < -0.39 is 0 Å². The Morgan fingerprint density at radius 3 is 2.65 bits per heavy atom. The molecular formula is C23H29N5OS2. The Labute approximate surface area is 193 Å². The van der Waals surface area contributed by atoms with Gasteiger partial charge in [-0.25, -0.2) is 0 Å². The molecular weight excluding hydrogens is 426 g/mol. The molecule has 1 aliphatic rings. The van der Waals surface area contributed by atoms with Crippen molar-refractivity contribution in [3.8, 4) is 16.3 Å². The van der Waals surface area contributed by atoms with Crippen molar-refractivity contribution < 1.29 is 4.74 Å². The Kier molecular flexibility index (Phi) is 8.04. The average molecular weight is 456 g/mol. The van der Waals surface area contributed by atoms with E-state index in [1.807, 2.05) is 6.07 Å². The molecule has 0 amide bonds. The number of ether oxygens (including phenoxy) is 1. The zero-order chi connectivity index (χ0) is 21.3. The number of nitrogens with one attached hydrogen (secondary N) is 2. The van der Waals surface area contributed by atoms with Gasteiger partial charge >= 0.3 is 0 Å². The largest absolute Gasteiger partial charge is 0.494 e. The quantitative estimate of drug-likeness (QED) is 0.284. The first-order chi connectivity index (χ1) is 15.3. The standard InChI is InChI=1S/C23H29N5OS2/c30-27-23-26-25-22(31-23)19-8-10-20(11-9-19)24-12-5-15-29-21-7-4-6-18(16-21)17-28-13-2-1-3-14-28/h4,6-11,16,24,30H,1-3,5,12-15,17H2,(H,26,27). The van der Waals surface area contributed by atoms with E-state index in [2.05, 4.69) is 80.4 Å². The summed E-state index contributed by atoms with van der Waals surface area (Å²) in [5.74, 6) is 0.964. The zero-order valence-electron chi connectivity index (χ0n) is 17.6. The van der Waals surface area contributed by atoms with Crippen LogP contribution in [0.3, 0.4) is 0 Å². The smallest absolute Gasteiger partial charge is 0.215 e. The number of hydrogen-bond acceptors (Lipinski definition) is 8. The highest BCUT2D eigenvalue weighted by Gasteiger charge is 2.10. The van der Waals surface area contributed by atoms with Crippen molar-refractivity contribution in [1.82, 2.24) is 15.1 Å². The van der Waals surface area contributed by atoms with E-state index in [1.54, 1.807) is 0 Å². The summed E-state index contributed by atoms with van der Waals surface area (Å²) < 4.78 is 8.69. The first-order valence-corrected chi connectivity index (χ1v) is 12.1. The van der Waals surface area contributed by atoms with E-state index in [-0.39, 0.29) is 0 Å². The number of benzene rings is 2. The zero-order valence-corrected chi connectivity index (χ0v) is 19.3. The molecule has 0 spiro atoms. The Balaban J connectivity index is 1.17. The highest BCUT2D eigenvalue weighted by Crippen LogP contribution is 2.27. The number of nitrogens with zero attached hydrogens (tertiary/aromatic N) is 3. The van der Waals surface area contributed by atoms with Gasteiger partial charge in [-0.05, 0) is 74.3 Å². The molecule has 1 aliphatic heterocycles. The summed E-state index contributed by atoms with van der Waals surface area (Å²) in [4.78, 5) is 2.54. The molecule has 1 saturated heterocycles. The lowest BCUT2D eigenvalue weighted by atomic mass is 10.1. The van der Waals surface area contributed by atoms with Gasteiger partial charge in [-0.3, -0.25) is 4.90 Å². The van der Waals surface area contributed by atoms with E-state index in [0.717, 1.165) is 41.5 Å². The maximum atomic E-state index is 5.98. The summed E-state index contributed by atoms with van der Waals surface area (Å²) in [5.41, 5.74) is 3.47. The molecule has 3 aromatic rings. The van der Waals surface area contributed by atoms with Crippen molar-refractivity contribution in [1.29, 1.82) is 0 Å². The Hall–Kier alpha value is -2.29. The van der Waals surface area contributed by atoms with Gasteiger partial charge in [-0.1, -0.05) is 42.7 Å². The average Bonchev–Trinajstić information content (AvgIpc) is 3.30. The van der Waals surface area contributed by atoms with Crippen LogP contribution in [0.1, 0.15) is 31.2 Å². The minimum absolute atomic E-state index is 0.692. The summed E-state index contributed by atoms with van der Waals surface area (Å²) >= 11 is 5.47. The molecule has 0 aliphatic carbocycles. The molecule has 1 aromatic heterocycles. The summed E-state index contributed by atoms with van der Waals surface area (Å²) in [7, 11) is 0. The molecule has 31 heavy (non-hydrogen) atoms. The van der Waals surface area contributed by atoms with Gasteiger partial charge in [-0.2, -0.15) is 0 Å². The molecule has 2 aromatic carbocycles. The molecule has 0 saturated carbocycles. The lowest BCUT2D eigenvalue weighted by Crippen LogP contribution is -2.29. The van der Waals surface area contributed by atoms with E-state index in [9.17, 15) is 0 Å². The van der Waals surface area contributed by atoms with Crippen molar-refractivity contribution in [2.75, 3.05) is 36.3 Å². The fourth-order valence-corrected chi connectivity index (χ4v) is 4.55. The van der Waals surface area contributed by atoms with Crippen LogP contribution in [0.2, 0.25) is 0 Å². The first kappa shape index (κ1) is 21.9.